The predicted octanol–water partition coefficient (Wildman–Crippen LogP) is -0.932. The maximum atomic E-state index is 13.2. The van der Waals surface area contributed by atoms with Gasteiger partial charge in [0, 0.05) is 33.3 Å². The summed E-state index contributed by atoms with van der Waals surface area (Å²) in [5.74, 6) is -1.97. The zero-order valence-corrected chi connectivity index (χ0v) is 17.9. The molecule has 0 unspecified atom stereocenters. The van der Waals surface area contributed by atoms with Crippen LogP contribution in [-0.4, -0.2) is 87.3 Å². The minimum absolute atomic E-state index is 0.0302. The lowest BCUT2D eigenvalue weighted by Gasteiger charge is -2.40. The molecule has 0 bridgehead atoms. The number of piperidine rings is 1. The van der Waals surface area contributed by atoms with E-state index in [2.05, 4.69) is 10.6 Å². The first-order valence-corrected chi connectivity index (χ1v) is 11.3. The second-order valence-electron chi connectivity index (χ2n) is 7.35. The van der Waals surface area contributed by atoms with Gasteiger partial charge in [-0.05, 0) is 37.1 Å². The second kappa shape index (κ2) is 9.71. The molecular formula is C19H25FN4O6S. The van der Waals surface area contributed by atoms with E-state index in [0.717, 1.165) is 28.6 Å². The Kier molecular flexibility index (Phi) is 7.23. The molecule has 31 heavy (non-hydrogen) atoms. The lowest BCUT2D eigenvalue weighted by atomic mass is 10.1. The highest BCUT2D eigenvalue weighted by molar-refractivity contribution is 7.89. The maximum absolute atomic E-state index is 13.2. The van der Waals surface area contributed by atoms with Crippen LogP contribution in [0.3, 0.4) is 0 Å². The first-order chi connectivity index (χ1) is 14.7. The molecule has 2 aliphatic heterocycles. The molecule has 0 aromatic heterocycles. The van der Waals surface area contributed by atoms with E-state index >= 15 is 0 Å². The van der Waals surface area contributed by atoms with Crippen molar-refractivity contribution in [2.45, 2.75) is 29.8 Å². The number of piperazine rings is 1. The van der Waals surface area contributed by atoms with Crippen molar-refractivity contribution in [2.75, 3.05) is 39.9 Å². The van der Waals surface area contributed by atoms with Gasteiger partial charge in [-0.15, -0.1) is 0 Å². The topological polar surface area (TPSA) is 125 Å². The van der Waals surface area contributed by atoms with Crippen molar-refractivity contribution in [3.05, 3.63) is 30.1 Å². The number of carbonyl (C=O) groups is 3. The number of carbonyl (C=O) groups excluding carboxylic acids is 3. The van der Waals surface area contributed by atoms with E-state index in [4.69, 9.17) is 4.74 Å². The molecule has 2 aliphatic rings. The van der Waals surface area contributed by atoms with Crippen molar-refractivity contribution in [2.24, 2.45) is 0 Å². The van der Waals surface area contributed by atoms with Crippen LogP contribution in [0.5, 0.6) is 0 Å². The highest BCUT2D eigenvalue weighted by Gasteiger charge is 2.41. The molecule has 2 heterocycles. The van der Waals surface area contributed by atoms with E-state index in [0.29, 0.717) is 19.4 Å². The van der Waals surface area contributed by atoms with Crippen LogP contribution < -0.4 is 10.6 Å². The Morgan fingerprint density at radius 3 is 2.61 bits per heavy atom. The lowest BCUT2D eigenvalue weighted by molar-refractivity contribution is -0.146. The van der Waals surface area contributed by atoms with Gasteiger partial charge in [-0.3, -0.25) is 14.4 Å². The molecule has 0 saturated carbocycles. The van der Waals surface area contributed by atoms with Crippen molar-refractivity contribution < 1.29 is 31.9 Å². The summed E-state index contributed by atoms with van der Waals surface area (Å²) >= 11 is 0. The number of ether oxygens (including phenoxy) is 1. The number of halogens is 1. The minimum atomic E-state index is -4.01. The summed E-state index contributed by atoms with van der Waals surface area (Å²) in [6, 6.07) is 2.49. The van der Waals surface area contributed by atoms with Crippen molar-refractivity contribution >= 4 is 27.7 Å². The SMILES string of the molecule is COCC(=O)N1CCN(S(=O)(=O)c2ccc(F)cc2)C[C@H]1C(=O)N[C@@H]1CCCNC1=O. The number of nitrogens with one attached hydrogen (secondary N) is 2. The fraction of sp³-hybridized carbons (Fsp3) is 0.526. The summed E-state index contributed by atoms with van der Waals surface area (Å²) < 4.78 is 45.1. The standard InChI is InChI=1S/C19H25FN4O6S/c1-30-12-17(25)24-10-9-23(31(28,29)14-6-4-13(20)5-7-14)11-16(24)19(27)22-15-3-2-8-21-18(15)26/h4-7,15-16H,2-3,8-12H2,1H3,(H,21,26)(H,22,27)/t15-,16+/m1/s1. The van der Waals surface area contributed by atoms with Gasteiger partial charge in [0.15, 0.2) is 0 Å². The number of hydrogen-bond acceptors (Lipinski definition) is 6. The zero-order valence-electron chi connectivity index (χ0n) is 17.0. The molecule has 3 rings (SSSR count). The van der Waals surface area contributed by atoms with Crippen LogP contribution in [0.15, 0.2) is 29.2 Å². The molecule has 10 nitrogen and oxygen atoms in total. The molecule has 3 amide bonds. The summed E-state index contributed by atoms with van der Waals surface area (Å²) in [6.07, 6.45) is 1.15. The number of nitrogens with zero attached hydrogens (tertiary/aromatic N) is 2. The number of rotatable bonds is 6. The van der Waals surface area contributed by atoms with Gasteiger partial charge in [-0.1, -0.05) is 0 Å². The number of sulfonamides is 1. The van der Waals surface area contributed by atoms with E-state index in [-0.39, 0.29) is 37.0 Å². The Morgan fingerprint density at radius 1 is 1.26 bits per heavy atom. The molecule has 2 atom stereocenters. The van der Waals surface area contributed by atoms with Crippen LogP contribution in [0.2, 0.25) is 0 Å². The van der Waals surface area contributed by atoms with Crippen molar-refractivity contribution in [3.63, 3.8) is 0 Å². The van der Waals surface area contributed by atoms with E-state index in [1.807, 2.05) is 0 Å². The van der Waals surface area contributed by atoms with Crippen LogP contribution in [0.4, 0.5) is 4.39 Å². The molecule has 1 aromatic rings. The van der Waals surface area contributed by atoms with E-state index in [9.17, 15) is 27.2 Å². The summed E-state index contributed by atoms with van der Waals surface area (Å²) in [5, 5.41) is 5.29. The van der Waals surface area contributed by atoms with Gasteiger partial charge in [0.25, 0.3) is 0 Å². The molecule has 2 N–H and O–H groups in total. The molecule has 1 aromatic carbocycles. The third-order valence-electron chi connectivity index (χ3n) is 5.29. The van der Waals surface area contributed by atoms with E-state index in [1.165, 1.54) is 12.0 Å². The maximum Gasteiger partial charge on any atom is 0.249 e. The molecule has 12 heteroatoms. The highest BCUT2D eigenvalue weighted by Crippen LogP contribution is 2.21. The Hall–Kier alpha value is -2.57. The first kappa shape index (κ1) is 23.1. The monoisotopic (exact) mass is 456 g/mol. The molecule has 2 fully saturated rings. The van der Waals surface area contributed by atoms with Crippen LogP contribution >= 0.6 is 0 Å². The van der Waals surface area contributed by atoms with Gasteiger partial charge in [0.1, 0.15) is 24.5 Å². The van der Waals surface area contributed by atoms with Gasteiger partial charge in [0.05, 0.1) is 4.90 Å². The van der Waals surface area contributed by atoms with Gasteiger partial charge in [-0.25, -0.2) is 12.8 Å². The molecule has 0 radical (unpaired) electrons. The van der Waals surface area contributed by atoms with Crippen molar-refractivity contribution in [3.8, 4) is 0 Å². The van der Waals surface area contributed by atoms with Gasteiger partial charge >= 0.3 is 0 Å². The third-order valence-corrected chi connectivity index (χ3v) is 7.17. The minimum Gasteiger partial charge on any atom is -0.375 e. The van der Waals surface area contributed by atoms with Crippen LogP contribution in [0.25, 0.3) is 0 Å². The molecule has 170 valence electrons. The Balaban J connectivity index is 1.82. The zero-order chi connectivity index (χ0) is 22.6. The fourth-order valence-corrected chi connectivity index (χ4v) is 5.08. The Bertz CT molecular complexity index is 939. The third kappa shape index (κ3) is 5.20. The summed E-state index contributed by atoms with van der Waals surface area (Å²) in [5.41, 5.74) is 0. The van der Waals surface area contributed by atoms with Crippen LogP contribution in [0.1, 0.15) is 12.8 Å². The van der Waals surface area contributed by atoms with Gasteiger partial charge in [-0.2, -0.15) is 4.31 Å². The van der Waals surface area contributed by atoms with Gasteiger partial charge < -0.3 is 20.3 Å². The van der Waals surface area contributed by atoms with Crippen LogP contribution in [-0.2, 0) is 29.1 Å². The molecule has 0 spiro atoms. The number of methoxy groups -OCH3 is 1. The summed E-state index contributed by atoms with van der Waals surface area (Å²) in [6.45, 7) is -0.106. The Labute approximate surface area is 179 Å². The normalized spacial score (nSPS) is 22.6. The average Bonchev–Trinajstić information content (AvgIpc) is 2.75. The predicted molar refractivity (Wildman–Crippen MR) is 107 cm³/mol. The van der Waals surface area contributed by atoms with E-state index < -0.39 is 39.7 Å². The van der Waals surface area contributed by atoms with Crippen molar-refractivity contribution in [1.29, 1.82) is 0 Å². The average molecular weight is 456 g/mol. The molecule has 2 saturated heterocycles. The number of amides is 3. The molecule has 0 aliphatic carbocycles. The summed E-state index contributed by atoms with van der Waals surface area (Å²) in [7, 11) is -2.67. The number of hydrogen-bond donors (Lipinski definition) is 2. The smallest absolute Gasteiger partial charge is 0.249 e. The first-order valence-electron chi connectivity index (χ1n) is 9.86. The van der Waals surface area contributed by atoms with Crippen LogP contribution in [0, 0.1) is 5.82 Å². The van der Waals surface area contributed by atoms with E-state index in [1.54, 1.807) is 0 Å². The lowest BCUT2D eigenvalue weighted by Crippen LogP contribution is -2.64. The fourth-order valence-electron chi connectivity index (χ4n) is 3.64. The number of benzene rings is 1. The Morgan fingerprint density at radius 2 is 1.97 bits per heavy atom. The largest absolute Gasteiger partial charge is 0.375 e. The summed E-state index contributed by atoms with van der Waals surface area (Å²) in [4.78, 5) is 38.6. The molecular weight excluding hydrogens is 431 g/mol. The van der Waals surface area contributed by atoms with Crippen molar-refractivity contribution in [1.82, 2.24) is 19.8 Å². The second-order valence-corrected chi connectivity index (χ2v) is 9.29. The quantitative estimate of drug-likeness (QED) is 0.570. The van der Waals surface area contributed by atoms with Gasteiger partial charge in [0.2, 0.25) is 27.7 Å². The highest BCUT2D eigenvalue weighted by atomic mass is 32.2.